The van der Waals surface area contributed by atoms with E-state index in [1.807, 2.05) is 0 Å². The van der Waals surface area contributed by atoms with E-state index in [1.54, 1.807) is 0 Å². The second kappa shape index (κ2) is 4.48. The van der Waals surface area contributed by atoms with Gasteiger partial charge in [-0.15, -0.1) is 10.2 Å². The highest BCUT2D eigenvalue weighted by Gasteiger charge is 2.34. The van der Waals surface area contributed by atoms with Crippen LogP contribution in [-0.4, -0.2) is 25.0 Å². The molecule has 0 aliphatic heterocycles. The molecule has 0 unspecified atom stereocenters. The number of hydrogen-bond donors (Lipinski definition) is 1. The highest BCUT2D eigenvalue weighted by molar-refractivity contribution is 5.57. The minimum Gasteiger partial charge on any atom is -0.285 e. The molecule has 0 aliphatic carbocycles. The number of para-hydroxylation sites is 1. The van der Waals surface area contributed by atoms with Gasteiger partial charge in [0.25, 0.3) is 0 Å². The second-order valence-electron chi connectivity index (χ2n) is 4.03. The number of rotatable bonds is 2. The van der Waals surface area contributed by atoms with Crippen molar-refractivity contribution < 1.29 is 13.2 Å². The van der Waals surface area contributed by atoms with E-state index in [9.17, 15) is 13.2 Å². The third kappa shape index (κ3) is 2.04. The molecule has 0 atom stereocenters. The van der Waals surface area contributed by atoms with Gasteiger partial charge in [-0.1, -0.05) is 12.1 Å². The number of nitrogens with zero attached hydrogens (tertiary/aromatic N) is 4. The average molecular weight is 279 g/mol. The fraction of sp³-hybridized carbons (Fsp3) is 0.0833. The van der Waals surface area contributed by atoms with Gasteiger partial charge < -0.3 is 0 Å². The van der Waals surface area contributed by atoms with Crippen molar-refractivity contribution in [3.63, 3.8) is 0 Å². The van der Waals surface area contributed by atoms with Gasteiger partial charge in [-0.2, -0.15) is 18.3 Å². The van der Waals surface area contributed by atoms with Crippen molar-refractivity contribution in [1.82, 2.24) is 25.0 Å². The van der Waals surface area contributed by atoms with Gasteiger partial charge in [-0.05, 0) is 12.1 Å². The van der Waals surface area contributed by atoms with Gasteiger partial charge in [0.15, 0.2) is 5.82 Å². The Kier molecular flexibility index (Phi) is 2.78. The van der Waals surface area contributed by atoms with E-state index < -0.39 is 11.7 Å². The Hall–Kier alpha value is -2.64. The highest BCUT2D eigenvalue weighted by Crippen LogP contribution is 2.34. The minimum atomic E-state index is -4.45. The van der Waals surface area contributed by atoms with Crippen LogP contribution in [0.5, 0.6) is 0 Å². The van der Waals surface area contributed by atoms with E-state index in [-0.39, 0.29) is 11.5 Å². The molecule has 1 aromatic carbocycles. The maximum absolute atomic E-state index is 13.0. The Morgan fingerprint density at radius 3 is 2.65 bits per heavy atom. The van der Waals surface area contributed by atoms with Gasteiger partial charge >= 0.3 is 6.18 Å². The Bertz CT molecular complexity index is 715. The Labute approximate surface area is 111 Å². The van der Waals surface area contributed by atoms with Gasteiger partial charge in [0.05, 0.1) is 23.0 Å². The van der Waals surface area contributed by atoms with Gasteiger partial charge in [0.1, 0.15) is 6.33 Å². The molecule has 1 N–H and O–H groups in total. The first kappa shape index (κ1) is 12.4. The Balaban J connectivity index is 2.19. The van der Waals surface area contributed by atoms with Gasteiger partial charge in [-0.25, -0.2) is 0 Å². The zero-order chi connectivity index (χ0) is 14.2. The maximum atomic E-state index is 13.0. The van der Waals surface area contributed by atoms with Crippen molar-refractivity contribution in [2.75, 3.05) is 0 Å². The summed E-state index contributed by atoms with van der Waals surface area (Å²) in [7, 11) is 0. The predicted octanol–water partition coefficient (Wildman–Crippen LogP) is 2.68. The topological polar surface area (TPSA) is 59.4 Å². The number of H-pyrrole nitrogens is 1. The summed E-state index contributed by atoms with van der Waals surface area (Å²) in [6, 6.07) is 5.27. The number of aromatic amines is 1. The largest absolute Gasteiger partial charge is 0.418 e. The molecule has 0 bridgehead atoms. The lowest BCUT2D eigenvalue weighted by molar-refractivity contribution is -0.137. The Morgan fingerprint density at radius 1 is 1.15 bits per heavy atom. The van der Waals surface area contributed by atoms with Gasteiger partial charge in [0, 0.05) is 6.20 Å². The van der Waals surface area contributed by atoms with Crippen molar-refractivity contribution in [3.8, 4) is 17.1 Å². The normalized spacial score (nSPS) is 11.8. The lowest BCUT2D eigenvalue weighted by atomic mass is 10.1. The molecule has 3 rings (SSSR count). The minimum absolute atomic E-state index is 0.0267. The molecule has 102 valence electrons. The third-order valence-corrected chi connectivity index (χ3v) is 2.77. The lowest BCUT2D eigenvalue weighted by Gasteiger charge is -2.13. The van der Waals surface area contributed by atoms with Crippen molar-refractivity contribution >= 4 is 0 Å². The fourth-order valence-electron chi connectivity index (χ4n) is 1.90. The summed E-state index contributed by atoms with van der Waals surface area (Å²) < 4.78 is 40.4. The average Bonchev–Trinajstić information content (AvgIpc) is 3.08. The van der Waals surface area contributed by atoms with Gasteiger partial charge in [-0.3, -0.25) is 9.67 Å². The van der Waals surface area contributed by atoms with Crippen molar-refractivity contribution in [1.29, 1.82) is 0 Å². The summed E-state index contributed by atoms with van der Waals surface area (Å²) in [4.78, 5) is 0. The van der Waals surface area contributed by atoms with E-state index >= 15 is 0 Å². The summed E-state index contributed by atoms with van der Waals surface area (Å²) in [5.41, 5.74) is -0.217. The number of aromatic nitrogens is 5. The third-order valence-electron chi connectivity index (χ3n) is 2.77. The summed E-state index contributed by atoms with van der Waals surface area (Å²) >= 11 is 0. The summed E-state index contributed by atoms with van der Waals surface area (Å²) in [6.45, 7) is 0. The summed E-state index contributed by atoms with van der Waals surface area (Å²) in [5.74, 6) is 0.287. The predicted molar refractivity (Wildman–Crippen MR) is 63.9 cm³/mol. The van der Waals surface area contributed by atoms with Crippen LogP contribution in [0, 0.1) is 0 Å². The SMILES string of the molecule is FC(F)(F)c1ccccc1-n1cnnc1-c1cn[nH]c1. The molecule has 0 spiro atoms. The van der Waals surface area contributed by atoms with Gasteiger partial charge in [0.2, 0.25) is 0 Å². The lowest BCUT2D eigenvalue weighted by Crippen LogP contribution is -2.10. The number of halogens is 3. The molecule has 0 radical (unpaired) electrons. The van der Waals surface area contributed by atoms with E-state index in [1.165, 1.54) is 41.5 Å². The molecule has 0 saturated carbocycles. The van der Waals surface area contributed by atoms with E-state index in [0.717, 1.165) is 6.07 Å². The van der Waals surface area contributed by atoms with Crippen LogP contribution >= 0.6 is 0 Å². The zero-order valence-corrected chi connectivity index (χ0v) is 9.96. The molecule has 0 amide bonds. The molecular weight excluding hydrogens is 271 g/mol. The molecule has 8 heteroatoms. The van der Waals surface area contributed by atoms with Crippen LogP contribution in [0.2, 0.25) is 0 Å². The highest BCUT2D eigenvalue weighted by atomic mass is 19.4. The molecule has 5 nitrogen and oxygen atoms in total. The first-order chi connectivity index (χ1) is 9.57. The fourth-order valence-corrected chi connectivity index (χ4v) is 1.90. The monoisotopic (exact) mass is 279 g/mol. The van der Waals surface area contributed by atoms with Crippen LogP contribution in [0.25, 0.3) is 17.1 Å². The second-order valence-corrected chi connectivity index (χ2v) is 4.03. The summed E-state index contributed by atoms with van der Waals surface area (Å²) in [5, 5.41) is 13.9. The number of nitrogens with one attached hydrogen (secondary N) is 1. The van der Waals surface area contributed by atoms with Crippen LogP contribution < -0.4 is 0 Å². The van der Waals surface area contributed by atoms with Crippen LogP contribution in [0.4, 0.5) is 13.2 Å². The van der Waals surface area contributed by atoms with Crippen LogP contribution in [0.3, 0.4) is 0 Å². The molecular formula is C12H8F3N5. The molecule has 20 heavy (non-hydrogen) atoms. The molecule has 2 aromatic heterocycles. The Morgan fingerprint density at radius 2 is 1.95 bits per heavy atom. The van der Waals surface area contributed by atoms with E-state index in [2.05, 4.69) is 20.4 Å². The quantitative estimate of drug-likeness (QED) is 0.784. The summed E-state index contributed by atoms with van der Waals surface area (Å²) in [6.07, 6.45) is -0.200. The van der Waals surface area contributed by atoms with Crippen molar-refractivity contribution in [2.24, 2.45) is 0 Å². The number of alkyl halides is 3. The van der Waals surface area contributed by atoms with E-state index in [0.29, 0.717) is 5.56 Å². The van der Waals surface area contributed by atoms with E-state index in [4.69, 9.17) is 0 Å². The molecule has 0 saturated heterocycles. The van der Waals surface area contributed by atoms with Crippen LogP contribution in [-0.2, 0) is 6.18 Å². The zero-order valence-electron chi connectivity index (χ0n) is 9.96. The standard InChI is InChI=1S/C12H8F3N5/c13-12(14,15)9-3-1-2-4-10(9)20-7-18-19-11(20)8-5-16-17-6-8/h1-7H,(H,16,17). The molecule has 2 heterocycles. The first-order valence-corrected chi connectivity index (χ1v) is 5.63. The number of hydrogen-bond acceptors (Lipinski definition) is 3. The van der Waals surface area contributed by atoms with Crippen molar-refractivity contribution in [2.45, 2.75) is 6.18 Å². The smallest absolute Gasteiger partial charge is 0.285 e. The number of benzene rings is 1. The molecule has 0 fully saturated rings. The maximum Gasteiger partial charge on any atom is 0.418 e. The molecule has 3 aromatic rings. The molecule has 0 aliphatic rings. The van der Waals surface area contributed by atoms with Crippen molar-refractivity contribution in [3.05, 3.63) is 48.5 Å². The first-order valence-electron chi connectivity index (χ1n) is 5.63. The van der Waals surface area contributed by atoms with Crippen LogP contribution in [0.15, 0.2) is 43.0 Å². The van der Waals surface area contributed by atoms with Crippen LogP contribution in [0.1, 0.15) is 5.56 Å².